The molecule has 0 spiro atoms. The maximum Gasteiger partial charge on any atom is 0.272 e. The van der Waals surface area contributed by atoms with Gasteiger partial charge in [0.2, 0.25) is 0 Å². The van der Waals surface area contributed by atoms with E-state index >= 15 is 0 Å². The predicted molar refractivity (Wildman–Crippen MR) is 105 cm³/mol. The fourth-order valence-electron chi connectivity index (χ4n) is 3.16. The summed E-state index contributed by atoms with van der Waals surface area (Å²) in [4.78, 5) is 24.2. The second kappa shape index (κ2) is 7.85. The van der Waals surface area contributed by atoms with Crippen molar-refractivity contribution in [3.05, 3.63) is 42.1 Å². The van der Waals surface area contributed by atoms with E-state index in [1.54, 1.807) is 6.07 Å². The van der Waals surface area contributed by atoms with E-state index in [-0.39, 0.29) is 11.4 Å². The zero-order chi connectivity index (χ0) is 18.6. The van der Waals surface area contributed by atoms with Crippen LogP contribution in [0, 0.1) is 0 Å². The minimum atomic E-state index is -0.148. The molecule has 2 aromatic rings. The normalized spacial score (nSPS) is 15.4. The summed E-state index contributed by atoms with van der Waals surface area (Å²) in [6.07, 6.45) is 4.52. The van der Waals surface area contributed by atoms with Gasteiger partial charge in [0.1, 0.15) is 11.5 Å². The number of nitrogens with one attached hydrogen (secondary N) is 1. The molecule has 1 aliphatic rings. The summed E-state index contributed by atoms with van der Waals surface area (Å²) in [5.74, 6) is 1.27. The lowest BCUT2D eigenvalue weighted by molar-refractivity contribution is 0.0755. The highest BCUT2D eigenvalue weighted by Gasteiger charge is 2.21. The number of anilines is 1. The molecule has 1 amide bonds. The van der Waals surface area contributed by atoms with Crippen LogP contribution in [0.2, 0.25) is 0 Å². The van der Waals surface area contributed by atoms with Crippen molar-refractivity contribution in [3.63, 3.8) is 0 Å². The molecule has 0 radical (unpaired) electrons. The van der Waals surface area contributed by atoms with E-state index in [2.05, 4.69) is 36.1 Å². The number of amides is 1. The van der Waals surface area contributed by atoms with Gasteiger partial charge in [0.25, 0.3) is 5.91 Å². The first-order valence-corrected chi connectivity index (χ1v) is 9.44. The summed E-state index contributed by atoms with van der Waals surface area (Å²) >= 11 is 0. The highest BCUT2D eigenvalue weighted by molar-refractivity contribution is 5.93. The second-order valence-electron chi connectivity index (χ2n) is 7.91. The molecular weight excluding hydrogens is 324 g/mol. The molecule has 5 nitrogen and oxygen atoms in total. The molecule has 1 fully saturated rings. The molecule has 2 heterocycles. The van der Waals surface area contributed by atoms with Gasteiger partial charge < -0.3 is 10.2 Å². The van der Waals surface area contributed by atoms with E-state index in [4.69, 9.17) is 0 Å². The third-order valence-electron chi connectivity index (χ3n) is 4.37. The van der Waals surface area contributed by atoms with Gasteiger partial charge >= 0.3 is 0 Å². The van der Waals surface area contributed by atoms with Crippen LogP contribution >= 0.6 is 0 Å². The molecule has 26 heavy (non-hydrogen) atoms. The molecule has 0 bridgehead atoms. The Morgan fingerprint density at radius 2 is 1.65 bits per heavy atom. The van der Waals surface area contributed by atoms with Crippen molar-refractivity contribution in [3.8, 4) is 11.4 Å². The number of carbonyl (C=O) groups excluding carboxylic acids is 1. The molecule has 1 aromatic heterocycles. The van der Waals surface area contributed by atoms with Crippen LogP contribution in [-0.2, 0) is 0 Å². The van der Waals surface area contributed by atoms with Crippen molar-refractivity contribution in [2.24, 2.45) is 0 Å². The van der Waals surface area contributed by atoms with Crippen molar-refractivity contribution in [1.82, 2.24) is 14.9 Å². The standard InChI is InChI=1S/C21H28N4O/c1-21(2,3)24-18-15-17(20(26)25-13-9-4-5-10-14-25)22-19(23-18)16-11-7-6-8-12-16/h6-8,11-12,15H,4-5,9-10,13-14H2,1-3H3,(H,22,23,24). The van der Waals surface area contributed by atoms with Gasteiger partial charge in [-0.05, 0) is 33.6 Å². The highest BCUT2D eigenvalue weighted by Crippen LogP contribution is 2.21. The molecule has 0 saturated carbocycles. The number of nitrogens with zero attached hydrogens (tertiary/aromatic N) is 3. The van der Waals surface area contributed by atoms with Gasteiger partial charge in [-0.2, -0.15) is 0 Å². The maximum atomic E-state index is 13.1. The van der Waals surface area contributed by atoms with Crippen LogP contribution in [-0.4, -0.2) is 39.4 Å². The third kappa shape index (κ3) is 4.81. The van der Waals surface area contributed by atoms with E-state index in [1.807, 2.05) is 35.2 Å². The lowest BCUT2D eigenvalue weighted by Gasteiger charge is -2.23. The summed E-state index contributed by atoms with van der Waals surface area (Å²) in [7, 11) is 0. The summed E-state index contributed by atoms with van der Waals surface area (Å²) in [6.45, 7) is 7.85. The quantitative estimate of drug-likeness (QED) is 0.891. The lowest BCUT2D eigenvalue weighted by Crippen LogP contribution is -2.33. The Bertz CT molecular complexity index is 744. The number of rotatable bonds is 3. The average molecular weight is 352 g/mol. The van der Waals surface area contributed by atoms with Gasteiger partial charge in [-0.25, -0.2) is 9.97 Å². The van der Waals surface area contributed by atoms with E-state index in [1.165, 1.54) is 12.8 Å². The highest BCUT2D eigenvalue weighted by atomic mass is 16.2. The zero-order valence-electron chi connectivity index (χ0n) is 16.0. The Hall–Kier alpha value is -2.43. The van der Waals surface area contributed by atoms with Crippen LogP contribution in [0.1, 0.15) is 56.9 Å². The van der Waals surface area contributed by atoms with Gasteiger partial charge in [-0.3, -0.25) is 4.79 Å². The fraction of sp³-hybridized carbons (Fsp3) is 0.476. The number of likely N-dealkylation sites (tertiary alicyclic amines) is 1. The van der Waals surface area contributed by atoms with Crippen LogP contribution < -0.4 is 5.32 Å². The Labute approximate surface area is 155 Å². The molecule has 3 rings (SSSR count). The molecule has 0 unspecified atom stereocenters. The van der Waals surface area contributed by atoms with Crippen LogP contribution in [0.5, 0.6) is 0 Å². The Morgan fingerprint density at radius 3 is 2.27 bits per heavy atom. The number of carbonyl (C=O) groups is 1. The minimum Gasteiger partial charge on any atom is -0.365 e. The average Bonchev–Trinajstić information content (AvgIpc) is 2.89. The summed E-state index contributed by atoms with van der Waals surface area (Å²) in [5.41, 5.74) is 1.23. The molecule has 1 N–H and O–H groups in total. The Kier molecular flexibility index (Phi) is 5.55. The number of benzene rings is 1. The van der Waals surface area contributed by atoms with Gasteiger partial charge in [0.05, 0.1) is 0 Å². The minimum absolute atomic E-state index is 0.00319. The van der Waals surface area contributed by atoms with E-state index in [9.17, 15) is 4.79 Å². The maximum absolute atomic E-state index is 13.1. The van der Waals surface area contributed by atoms with Gasteiger partial charge in [-0.15, -0.1) is 0 Å². The summed E-state index contributed by atoms with van der Waals surface area (Å²) < 4.78 is 0. The topological polar surface area (TPSA) is 58.1 Å². The first kappa shape index (κ1) is 18.4. The SMILES string of the molecule is CC(C)(C)Nc1cc(C(=O)N2CCCCCC2)nc(-c2ccccc2)n1. The largest absolute Gasteiger partial charge is 0.365 e. The van der Waals surface area contributed by atoms with Gasteiger partial charge in [0, 0.05) is 30.3 Å². The molecule has 1 aromatic carbocycles. The van der Waals surface area contributed by atoms with Crippen LogP contribution in [0.15, 0.2) is 36.4 Å². The second-order valence-corrected chi connectivity index (χ2v) is 7.91. The van der Waals surface area contributed by atoms with E-state index in [0.29, 0.717) is 17.3 Å². The van der Waals surface area contributed by atoms with Crippen LogP contribution in [0.3, 0.4) is 0 Å². The van der Waals surface area contributed by atoms with Crippen molar-refractivity contribution >= 4 is 11.7 Å². The molecule has 5 heteroatoms. The molecule has 1 saturated heterocycles. The Morgan fingerprint density at radius 1 is 1.00 bits per heavy atom. The van der Waals surface area contributed by atoms with E-state index < -0.39 is 0 Å². The van der Waals surface area contributed by atoms with Gasteiger partial charge in [-0.1, -0.05) is 43.2 Å². The number of aromatic nitrogens is 2. The predicted octanol–water partition coefficient (Wildman–Crippen LogP) is 4.37. The van der Waals surface area contributed by atoms with Crippen LogP contribution in [0.4, 0.5) is 5.82 Å². The Balaban J connectivity index is 1.97. The number of hydrogen-bond acceptors (Lipinski definition) is 4. The van der Waals surface area contributed by atoms with E-state index in [0.717, 1.165) is 31.5 Å². The molecule has 0 atom stereocenters. The molecule has 138 valence electrons. The molecule has 0 aliphatic carbocycles. The molecular formula is C21H28N4O. The van der Waals surface area contributed by atoms with Crippen molar-refractivity contribution < 1.29 is 4.79 Å². The first-order chi connectivity index (χ1) is 12.4. The van der Waals surface area contributed by atoms with Crippen molar-refractivity contribution in [2.75, 3.05) is 18.4 Å². The monoisotopic (exact) mass is 352 g/mol. The third-order valence-corrected chi connectivity index (χ3v) is 4.37. The van der Waals surface area contributed by atoms with Crippen molar-refractivity contribution in [1.29, 1.82) is 0 Å². The zero-order valence-corrected chi connectivity index (χ0v) is 16.0. The summed E-state index contributed by atoms with van der Waals surface area (Å²) in [5, 5.41) is 3.38. The van der Waals surface area contributed by atoms with Gasteiger partial charge in [0.15, 0.2) is 5.82 Å². The first-order valence-electron chi connectivity index (χ1n) is 9.44. The lowest BCUT2D eigenvalue weighted by atomic mass is 10.1. The van der Waals surface area contributed by atoms with Crippen LogP contribution in [0.25, 0.3) is 11.4 Å². The molecule has 1 aliphatic heterocycles. The summed E-state index contributed by atoms with van der Waals surface area (Å²) in [6, 6.07) is 11.6. The smallest absolute Gasteiger partial charge is 0.272 e. The van der Waals surface area contributed by atoms with Crippen molar-refractivity contribution in [2.45, 2.75) is 52.0 Å². The fourth-order valence-corrected chi connectivity index (χ4v) is 3.16. The number of hydrogen-bond donors (Lipinski definition) is 1.